The SMILES string of the molecule is CCOC(c1noc(CC(O)COC)n1)C(C)(C)C. The van der Waals surface area contributed by atoms with E-state index >= 15 is 0 Å². The van der Waals surface area contributed by atoms with Gasteiger partial charge < -0.3 is 19.1 Å². The van der Waals surface area contributed by atoms with Gasteiger partial charge >= 0.3 is 0 Å². The molecule has 2 atom stereocenters. The normalized spacial score (nSPS) is 15.5. The molecule has 1 aromatic heterocycles. The van der Waals surface area contributed by atoms with Crippen molar-refractivity contribution in [3.63, 3.8) is 0 Å². The molecular weight excluding hydrogens is 248 g/mol. The van der Waals surface area contributed by atoms with Crippen LogP contribution in [-0.2, 0) is 15.9 Å². The molecule has 0 aliphatic heterocycles. The van der Waals surface area contributed by atoms with Gasteiger partial charge in [-0.25, -0.2) is 0 Å². The minimum absolute atomic E-state index is 0.123. The van der Waals surface area contributed by atoms with Crippen LogP contribution in [0.2, 0.25) is 0 Å². The molecule has 1 rings (SSSR count). The fraction of sp³-hybridized carbons (Fsp3) is 0.846. The molecule has 0 fully saturated rings. The largest absolute Gasteiger partial charge is 0.390 e. The first-order valence-electron chi connectivity index (χ1n) is 6.49. The number of aliphatic hydroxyl groups is 1. The first-order valence-corrected chi connectivity index (χ1v) is 6.49. The smallest absolute Gasteiger partial charge is 0.229 e. The van der Waals surface area contributed by atoms with Crippen LogP contribution in [0, 0.1) is 5.41 Å². The summed E-state index contributed by atoms with van der Waals surface area (Å²) in [5.74, 6) is 0.919. The fourth-order valence-electron chi connectivity index (χ4n) is 1.79. The predicted molar refractivity (Wildman–Crippen MR) is 69.7 cm³/mol. The van der Waals surface area contributed by atoms with Crippen molar-refractivity contribution >= 4 is 0 Å². The molecule has 0 bridgehead atoms. The van der Waals surface area contributed by atoms with E-state index in [2.05, 4.69) is 30.9 Å². The molecule has 1 aromatic rings. The van der Waals surface area contributed by atoms with Crippen LogP contribution in [0.15, 0.2) is 4.52 Å². The van der Waals surface area contributed by atoms with E-state index in [0.29, 0.717) is 18.3 Å². The fourth-order valence-corrected chi connectivity index (χ4v) is 1.79. The zero-order valence-electron chi connectivity index (χ0n) is 12.3. The summed E-state index contributed by atoms with van der Waals surface area (Å²) in [6, 6.07) is 0. The van der Waals surface area contributed by atoms with Gasteiger partial charge in [0, 0.05) is 13.7 Å². The van der Waals surface area contributed by atoms with Crippen molar-refractivity contribution in [3.05, 3.63) is 11.7 Å². The Morgan fingerprint density at radius 3 is 2.58 bits per heavy atom. The number of hydrogen-bond acceptors (Lipinski definition) is 6. The molecule has 0 aliphatic rings. The van der Waals surface area contributed by atoms with E-state index in [-0.39, 0.29) is 24.5 Å². The van der Waals surface area contributed by atoms with Crippen molar-refractivity contribution in [2.75, 3.05) is 20.3 Å². The van der Waals surface area contributed by atoms with E-state index in [1.165, 1.54) is 7.11 Å². The maximum atomic E-state index is 9.63. The second-order valence-corrected chi connectivity index (χ2v) is 5.56. The highest BCUT2D eigenvalue weighted by molar-refractivity contribution is 4.97. The van der Waals surface area contributed by atoms with Crippen LogP contribution in [0.3, 0.4) is 0 Å². The van der Waals surface area contributed by atoms with Crippen LogP contribution in [0.5, 0.6) is 0 Å². The van der Waals surface area contributed by atoms with E-state index in [0.717, 1.165) is 0 Å². The lowest BCUT2D eigenvalue weighted by Gasteiger charge is -2.27. The van der Waals surface area contributed by atoms with Gasteiger partial charge in [-0.2, -0.15) is 4.98 Å². The second kappa shape index (κ2) is 6.98. The first-order chi connectivity index (χ1) is 8.88. The Morgan fingerprint density at radius 2 is 2.05 bits per heavy atom. The van der Waals surface area contributed by atoms with E-state index in [1.807, 2.05) is 6.92 Å². The molecule has 19 heavy (non-hydrogen) atoms. The van der Waals surface area contributed by atoms with E-state index in [1.54, 1.807) is 0 Å². The van der Waals surface area contributed by atoms with Gasteiger partial charge in [0.1, 0.15) is 6.10 Å². The Bertz CT molecular complexity index is 373. The molecule has 0 aromatic carbocycles. The minimum Gasteiger partial charge on any atom is -0.390 e. The van der Waals surface area contributed by atoms with Crippen LogP contribution in [0.4, 0.5) is 0 Å². The Hall–Kier alpha value is -0.980. The standard InChI is InChI=1S/C13H24N2O4/c1-6-18-11(13(2,3)4)12-14-10(19-15-12)7-9(16)8-17-5/h9,11,16H,6-8H2,1-5H3. The zero-order valence-corrected chi connectivity index (χ0v) is 12.3. The molecule has 1 heterocycles. The monoisotopic (exact) mass is 272 g/mol. The summed E-state index contributed by atoms with van der Waals surface area (Å²) in [6.45, 7) is 8.93. The molecule has 0 saturated heterocycles. The third-order valence-corrected chi connectivity index (χ3v) is 2.61. The summed E-state index contributed by atoms with van der Waals surface area (Å²) in [5, 5.41) is 13.6. The number of nitrogens with zero attached hydrogens (tertiary/aromatic N) is 2. The molecule has 1 N–H and O–H groups in total. The van der Waals surface area contributed by atoms with Crippen molar-refractivity contribution in [1.29, 1.82) is 0 Å². The quantitative estimate of drug-likeness (QED) is 0.814. The second-order valence-electron chi connectivity index (χ2n) is 5.56. The predicted octanol–water partition coefficient (Wildman–Crippen LogP) is 1.74. The highest BCUT2D eigenvalue weighted by Crippen LogP contribution is 2.34. The highest BCUT2D eigenvalue weighted by atomic mass is 16.5. The summed E-state index contributed by atoms with van der Waals surface area (Å²) in [5.41, 5.74) is -0.123. The van der Waals surface area contributed by atoms with Crippen molar-refractivity contribution in [1.82, 2.24) is 10.1 Å². The molecular formula is C13H24N2O4. The molecule has 0 saturated carbocycles. The maximum absolute atomic E-state index is 9.63. The highest BCUT2D eigenvalue weighted by Gasteiger charge is 2.31. The van der Waals surface area contributed by atoms with Crippen molar-refractivity contribution in [3.8, 4) is 0 Å². The molecule has 0 spiro atoms. The third kappa shape index (κ3) is 4.89. The molecule has 2 unspecified atom stereocenters. The first kappa shape index (κ1) is 16.1. The lowest BCUT2D eigenvalue weighted by molar-refractivity contribution is -0.0203. The minimum atomic E-state index is -0.640. The van der Waals surface area contributed by atoms with Gasteiger partial charge in [-0.15, -0.1) is 0 Å². The van der Waals surface area contributed by atoms with Crippen LogP contribution in [0.1, 0.15) is 45.5 Å². The van der Waals surface area contributed by atoms with Gasteiger partial charge in [-0.3, -0.25) is 0 Å². The number of rotatable bonds is 7. The Morgan fingerprint density at radius 1 is 1.37 bits per heavy atom. The third-order valence-electron chi connectivity index (χ3n) is 2.61. The average Bonchev–Trinajstić information content (AvgIpc) is 2.72. The zero-order chi connectivity index (χ0) is 14.5. The van der Waals surface area contributed by atoms with Gasteiger partial charge in [0.25, 0.3) is 0 Å². The maximum Gasteiger partial charge on any atom is 0.229 e. The lowest BCUT2D eigenvalue weighted by atomic mass is 9.88. The van der Waals surface area contributed by atoms with Crippen molar-refractivity contribution < 1.29 is 19.1 Å². The van der Waals surface area contributed by atoms with E-state index in [9.17, 15) is 5.11 Å². The molecule has 6 nitrogen and oxygen atoms in total. The van der Waals surface area contributed by atoms with Gasteiger partial charge in [0.2, 0.25) is 11.7 Å². The topological polar surface area (TPSA) is 77.6 Å². The lowest BCUT2D eigenvalue weighted by Crippen LogP contribution is -2.23. The van der Waals surface area contributed by atoms with Gasteiger partial charge in [-0.1, -0.05) is 25.9 Å². The van der Waals surface area contributed by atoms with Gasteiger partial charge in [0.05, 0.1) is 19.1 Å². The number of hydrogen-bond donors (Lipinski definition) is 1. The van der Waals surface area contributed by atoms with Crippen molar-refractivity contribution in [2.24, 2.45) is 5.41 Å². The molecule has 0 amide bonds. The van der Waals surface area contributed by atoms with E-state index in [4.69, 9.17) is 14.0 Å². The van der Waals surface area contributed by atoms with Crippen LogP contribution in [0.25, 0.3) is 0 Å². The number of aromatic nitrogens is 2. The van der Waals surface area contributed by atoms with Crippen LogP contribution in [-0.4, -0.2) is 41.7 Å². The number of ether oxygens (including phenoxy) is 2. The van der Waals surface area contributed by atoms with Gasteiger partial charge in [-0.05, 0) is 12.3 Å². The summed E-state index contributed by atoms with van der Waals surface area (Å²) < 4.78 is 15.7. The van der Waals surface area contributed by atoms with Crippen LogP contribution >= 0.6 is 0 Å². The molecule has 110 valence electrons. The summed E-state index contributed by atoms with van der Waals surface area (Å²) in [6.07, 6.45) is -0.586. The van der Waals surface area contributed by atoms with Gasteiger partial charge in [0.15, 0.2) is 0 Å². The molecule has 0 aliphatic carbocycles. The van der Waals surface area contributed by atoms with E-state index < -0.39 is 6.10 Å². The summed E-state index contributed by atoms with van der Waals surface area (Å²) >= 11 is 0. The van der Waals surface area contributed by atoms with Crippen LogP contribution < -0.4 is 0 Å². The summed E-state index contributed by atoms with van der Waals surface area (Å²) in [7, 11) is 1.53. The van der Waals surface area contributed by atoms with Crippen molar-refractivity contribution in [2.45, 2.75) is 46.3 Å². The Labute approximate surface area is 114 Å². The Kier molecular flexibility index (Phi) is 5.90. The summed E-state index contributed by atoms with van der Waals surface area (Å²) in [4.78, 5) is 4.30. The molecule has 0 radical (unpaired) electrons. The molecule has 6 heteroatoms. The number of aliphatic hydroxyl groups excluding tert-OH is 1. The Balaban J connectivity index is 2.76. The average molecular weight is 272 g/mol. The number of methoxy groups -OCH3 is 1.